The van der Waals surface area contributed by atoms with Crippen molar-refractivity contribution in [1.82, 2.24) is 9.62 Å². The fourth-order valence-corrected chi connectivity index (χ4v) is 2.92. The first kappa shape index (κ1) is 13.9. The van der Waals surface area contributed by atoms with Crippen molar-refractivity contribution in [3.05, 3.63) is 0 Å². The fourth-order valence-electron chi connectivity index (χ4n) is 1.98. The highest BCUT2D eigenvalue weighted by atomic mass is 32.2. The molecular formula is C10H22N2O3S. The number of piperidine rings is 1. The van der Waals surface area contributed by atoms with Crippen molar-refractivity contribution >= 4 is 10.0 Å². The van der Waals surface area contributed by atoms with Gasteiger partial charge in [0.25, 0.3) is 0 Å². The molecule has 1 aliphatic heterocycles. The number of nitrogens with one attached hydrogen (secondary N) is 1. The lowest BCUT2D eigenvalue weighted by atomic mass is 10.00. The minimum atomic E-state index is -3.01. The van der Waals surface area contributed by atoms with E-state index in [1.807, 2.05) is 0 Å². The van der Waals surface area contributed by atoms with Gasteiger partial charge in [-0.3, -0.25) is 0 Å². The van der Waals surface area contributed by atoms with Gasteiger partial charge in [-0.15, -0.1) is 0 Å². The molecule has 0 aromatic rings. The van der Waals surface area contributed by atoms with Crippen LogP contribution in [0.2, 0.25) is 0 Å². The van der Waals surface area contributed by atoms with E-state index in [4.69, 9.17) is 4.74 Å². The molecule has 1 unspecified atom stereocenters. The molecule has 0 amide bonds. The molecule has 0 bridgehead atoms. The number of rotatable bonds is 6. The Morgan fingerprint density at radius 1 is 1.50 bits per heavy atom. The predicted molar refractivity (Wildman–Crippen MR) is 63.9 cm³/mol. The lowest BCUT2D eigenvalue weighted by molar-refractivity contribution is 0.193. The summed E-state index contributed by atoms with van der Waals surface area (Å²) in [7, 11) is -1.34. The second-order valence-electron chi connectivity index (χ2n) is 4.33. The van der Waals surface area contributed by atoms with Gasteiger partial charge in [-0.1, -0.05) is 0 Å². The zero-order valence-electron chi connectivity index (χ0n) is 10.1. The predicted octanol–water partition coefficient (Wildman–Crippen LogP) is -0.106. The highest BCUT2D eigenvalue weighted by Crippen LogP contribution is 2.17. The summed E-state index contributed by atoms with van der Waals surface area (Å²) in [6.07, 6.45) is 3.35. The van der Waals surface area contributed by atoms with E-state index in [1.165, 1.54) is 6.26 Å². The third kappa shape index (κ3) is 4.78. The summed E-state index contributed by atoms with van der Waals surface area (Å²) < 4.78 is 29.3. The highest BCUT2D eigenvalue weighted by molar-refractivity contribution is 7.88. The maximum Gasteiger partial charge on any atom is 0.211 e. The van der Waals surface area contributed by atoms with Crippen molar-refractivity contribution in [2.24, 2.45) is 5.92 Å². The Labute approximate surface area is 98.2 Å². The Bertz CT molecular complexity index is 292. The summed E-state index contributed by atoms with van der Waals surface area (Å²) in [6, 6.07) is 0. The van der Waals surface area contributed by atoms with Gasteiger partial charge in [0.15, 0.2) is 0 Å². The molecule has 0 spiro atoms. The van der Waals surface area contributed by atoms with Crippen LogP contribution in [0.5, 0.6) is 0 Å². The van der Waals surface area contributed by atoms with Crippen LogP contribution in [0.1, 0.15) is 12.8 Å². The maximum atomic E-state index is 11.4. The third-order valence-electron chi connectivity index (χ3n) is 2.87. The van der Waals surface area contributed by atoms with Gasteiger partial charge in [-0.05, 0) is 25.3 Å². The average molecular weight is 250 g/mol. The standard InChI is InChI=1S/C10H22N2O3S/c1-15-7-5-11-8-10-4-3-6-12(9-10)16(2,13)14/h10-11H,3-9H2,1-2H3. The Hall–Kier alpha value is -0.170. The molecule has 96 valence electrons. The summed E-state index contributed by atoms with van der Waals surface area (Å²) in [4.78, 5) is 0. The summed E-state index contributed by atoms with van der Waals surface area (Å²) in [5.74, 6) is 0.431. The van der Waals surface area contributed by atoms with Crippen molar-refractivity contribution in [3.8, 4) is 0 Å². The van der Waals surface area contributed by atoms with Crippen LogP contribution in [-0.2, 0) is 14.8 Å². The van der Waals surface area contributed by atoms with Crippen molar-refractivity contribution in [1.29, 1.82) is 0 Å². The van der Waals surface area contributed by atoms with Crippen LogP contribution in [-0.4, -0.2) is 58.9 Å². The van der Waals surface area contributed by atoms with Crippen molar-refractivity contribution in [3.63, 3.8) is 0 Å². The van der Waals surface area contributed by atoms with Gasteiger partial charge in [-0.2, -0.15) is 0 Å². The third-order valence-corrected chi connectivity index (χ3v) is 4.14. The van der Waals surface area contributed by atoms with E-state index in [0.717, 1.165) is 25.9 Å². The van der Waals surface area contributed by atoms with E-state index in [-0.39, 0.29) is 0 Å². The molecule has 0 radical (unpaired) electrons. The van der Waals surface area contributed by atoms with Crippen molar-refractivity contribution < 1.29 is 13.2 Å². The monoisotopic (exact) mass is 250 g/mol. The van der Waals surface area contributed by atoms with Gasteiger partial charge in [0.2, 0.25) is 10.0 Å². The van der Waals surface area contributed by atoms with Crippen LogP contribution in [0.15, 0.2) is 0 Å². The van der Waals surface area contributed by atoms with E-state index in [1.54, 1.807) is 11.4 Å². The molecule has 1 fully saturated rings. The molecular weight excluding hydrogens is 228 g/mol. The Morgan fingerprint density at radius 2 is 2.25 bits per heavy atom. The van der Waals surface area contributed by atoms with E-state index in [0.29, 0.717) is 25.6 Å². The summed E-state index contributed by atoms with van der Waals surface area (Å²) in [5.41, 5.74) is 0. The van der Waals surface area contributed by atoms with Gasteiger partial charge < -0.3 is 10.1 Å². The van der Waals surface area contributed by atoms with Crippen LogP contribution in [0.4, 0.5) is 0 Å². The highest BCUT2D eigenvalue weighted by Gasteiger charge is 2.25. The number of hydrogen-bond donors (Lipinski definition) is 1. The van der Waals surface area contributed by atoms with Crippen molar-refractivity contribution in [2.45, 2.75) is 12.8 Å². The molecule has 1 atom stereocenters. The normalized spacial score (nSPS) is 23.5. The Morgan fingerprint density at radius 3 is 2.88 bits per heavy atom. The minimum Gasteiger partial charge on any atom is -0.383 e. The first-order valence-electron chi connectivity index (χ1n) is 5.69. The van der Waals surface area contributed by atoms with Gasteiger partial charge in [0, 0.05) is 26.7 Å². The van der Waals surface area contributed by atoms with Gasteiger partial charge >= 0.3 is 0 Å². The first-order valence-corrected chi connectivity index (χ1v) is 7.53. The summed E-state index contributed by atoms with van der Waals surface area (Å²) in [5, 5.41) is 3.28. The minimum absolute atomic E-state index is 0.431. The molecule has 1 rings (SSSR count). The number of ether oxygens (including phenoxy) is 1. The average Bonchev–Trinajstić information content (AvgIpc) is 2.24. The Balaban J connectivity index is 2.28. The molecule has 0 aromatic carbocycles. The van der Waals surface area contributed by atoms with Gasteiger partial charge in [-0.25, -0.2) is 12.7 Å². The van der Waals surface area contributed by atoms with Crippen LogP contribution in [0.3, 0.4) is 0 Å². The molecule has 16 heavy (non-hydrogen) atoms. The summed E-state index contributed by atoms with van der Waals surface area (Å²) >= 11 is 0. The van der Waals surface area contributed by atoms with Crippen LogP contribution in [0, 0.1) is 5.92 Å². The lowest BCUT2D eigenvalue weighted by Crippen LogP contribution is -2.42. The molecule has 0 aliphatic carbocycles. The topological polar surface area (TPSA) is 58.6 Å². The fraction of sp³-hybridized carbons (Fsp3) is 1.00. The zero-order valence-corrected chi connectivity index (χ0v) is 10.9. The quantitative estimate of drug-likeness (QED) is 0.669. The number of nitrogens with zero attached hydrogens (tertiary/aromatic N) is 1. The molecule has 1 N–H and O–H groups in total. The molecule has 1 heterocycles. The number of methoxy groups -OCH3 is 1. The van der Waals surface area contributed by atoms with E-state index in [9.17, 15) is 8.42 Å². The van der Waals surface area contributed by atoms with E-state index in [2.05, 4.69) is 5.32 Å². The molecule has 6 heteroatoms. The van der Waals surface area contributed by atoms with Crippen LogP contribution >= 0.6 is 0 Å². The number of hydrogen-bond acceptors (Lipinski definition) is 4. The smallest absolute Gasteiger partial charge is 0.211 e. The largest absolute Gasteiger partial charge is 0.383 e. The van der Waals surface area contributed by atoms with E-state index >= 15 is 0 Å². The van der Waals surface area contributed by atoms with Crippen LogP contribution in [0.25, 0.3) is 0 Å². The van der Waals surface area contributed by atoms with E-state index < -0.39 is 10.0 Å². The molecule has 0 saturated carbocycles. The number of sulfonamides is 1. The molecule has 5 nitrogen and oxygen atoms in total. The van der Waals surface area contributed by atoms with Gasteiger partial charge in [0.1, 0.15) is 0 Å². The molecule has 0 aromatic heterocycles. The Kier molecular flexibility index (Phi) is 5.68. The second kappa shape index (κ2) is 6.54. The first-order chi connectivity index (χ1) is 7.54. The summed E-state index contributed by atoms with van der Waals surface area (Å²) in [6.45, 7) is 3.72. The van der Waals surface area contributed by atoms with Crippen LogP contribution < -0.4 is 5.32 Å². The molecule has 1 saturated heterocycles. The molecule has 1 aliphatic rings. The SMILES string of the molecule is COCCNCC1CCCN(S(C)(=O)=O)C1. The van der Waals surface area contributed by atoms with Gasteiger partial charge in [0.05, 0.1) is 12.9 Å². The van der Waals surface area contributed by atoms with Crippen molar-refractivity contribution in [2.75, 3.05) is 46.2 Å². The lowest BCUT2D eigenvalue weighted by Gasteiger charge is -2.31. The maximum absolute atomic E-state index is 11.4. The zero-order chi connectivity index (χ0) is 12.0. The second-order valence-corrected chi connectivity index (χ2v) is 6.31.